The number of rotatable bonds is 5. The molecule has 1 saturated carbocycles. The number of amides is 1. The summed E-state index contributed by atoms with van der Waals surface area (Å²) in [5.74, 6) is -2.99. The number of alkyl halides is 4. The Hall–Kier alpha value is -2.32. The van der Waals surface area contributed by atoms with E-state index in [0.29, 0.717) is 0 Å². The number of halogens is 4. The van der Waals surface area contributed by atoms with Gasteiger partial charge in [-0.2, -0.15) is 17.6 Å². The van der Waals surface area contributed by atoms with Crippen molar-refractivity contribution >= 4 is 11.9 Å². The van der Waals surface area contributed by atoms with Crippen LogP contribution < -0.4 is 4.74 Å². The third-order valence-electron chi connectivity index (χ3n) is 4.38. The first-order chi connectivity index (χ1) is 11.2. The van der Waals surface area contributed by atoms with Gasteiger partial charge in [-0.25, -0.2) is 0 Å². The monoisotopic (exact) mass is 347 g/mol. The molecule has 2 fully saturated rings. The highest BCUT2D eigenvalue weighted by molar-refractivity contribution is 5.97. The lowest BCUT2D eigenvalue weighted by molar-refractivity contribution is -0.253. The normalized spacial score (nSPS) is 25.5. The SMILES string of the molecule is O=C(O)C1[C@H]2CN(C(=O)c3ccccc3OC(F)(F)C(F)F)C[C@@H]12. The molecule has 1 saturated heterocycles. The number of carbonyl (C=O) groups is 2. The van der Waals surface area contributed by atoms with Gasteiger partial charge in [-0.3, -0.25) is 9.59 Å². The molecule has 130 valence electrons. The van der Waals surface area contributed by atoms with E-state index in [-0.39, 0.29) is 30.5 Å². The van der Waals surface area contributed by atoms with Crippen molar-refractivity contribution in [3.05, 3.63) is 29.8 Å². The number of para-hydroxylation sites is 1. The number of ether oxygens (including phenoxy) is 1. The minimum absolute atomic E-state index is 0.151. The number of nitrogens with zero attached hydrogens (tertiary/aromatic N) is 1. The maximum Gasteiger partial charge on any atom is 0.461 e. The van der Waals surface area contributed by atoms with Crippen LogP contribution in [0.25, 0.3) is 0 Å². The third kappa shape index (κ3) is 2.78. The Balaban J connectivity index is 1.74. The highest BCUT2D eigenvalue weighted by Gasteiger charge is 2.60. The fraction of sp³-hybridized carbons (Fsp3) is 0.467. The largest absolute Gasteiger partial charge is 0.481 e. The second-order valence-electron chi connectivity index (χ2n) is 5.86. The number of hydrogen-bond donors (Lipinski definition) is 1. The van der Waals surface area contributed by atoms with Crippen molar-refractivity contribution < 1.29 is 37.0 Å². The maximum atomic E-state index is 13.1. The highest BCUT2D eigenvalue weighted by Crippen LogP contribution is 2.52. The van der Waals surface area contributed by atoms with Gasteiger partial charge >= 0.3 is 18.5 Å². The van der Waals surface area contributed by atoms with Crippen molar-refractivity contribution in [3.8, 4) is 5.75 Å². The van der Waals surface area contributed by atoms with Gasteiger partial charge in [-0.15, -0.1) is 0 Å². The molecule has 9 heteroatoms. The van der Waals surface area contributed by atoms with Crippen LogP contribution in [0.1, 0.15) is 10.4 Å². The Labute approximate surface area is 133 Å². The second-order valence-corrected chi connectivity index (χ2v) is 5.86. The van der Waals surface area contributed by atoms with Crippen LogP contribution in [0.3, 0.4) is 0 Å². The number of hydrogen-bond acceptors (Lipinski definition) is 3. The molecule has 5 nitrogen and oxygen atoms in total. The van der Waals surface area contributed by atoms with E-state index in [4.69, 9.17) is 5.11 Å². The van der Waals surface area contributed by atoms with E-state index in [1.54, 1.807) is 0 Å². The summed E-state index contributed by atoms with van der Waals surface area (Å²) in [6.45, 7) is 0.389. The molecule has 24 heavy (non-hydrogen) atoms. The first-order valence-corrected chi connectivity index (χ1v) is 7.18. The summed E-state index contributed by atoms with van der Waals surface area (Å²) >= 11 is 0. The minimum atomic E-state index is -4.71. The molecule has 1 N–H and O–H groups in total. The van der Waals surface area contributed by atoms with Gasteiger partial charge in [0.25, 0.3) is 5.91 Å². The number of piperidine rings is 1. The van der Waals surface area contributed by atoms with Crippen molar-refractivity contribution in [2.24, 2.45) is 17.8 Å². The fourth-order valence-corrected chi connectivity index (χ4v) is 3.15. The van der Waals surface area contributed by atoms with Crippen LogP contribution in [-0.4, -0.2) is 47.5 Å². The van der Waals surface area contributed by atoms with E-state index in [1.165, 1.54) is 23.1 Å². The second kappa shape index (κ2) is 5.64. The Morgan fingerprint density at radius 1 is 1.21 bits per heavy atom. The topological polar surface area (TPSA) is 66.8 Å². The number of carbonyl (C=O) groups excluding carboxylic acids is 1. The number of likely N-dealkylation sites (tertiary alicyclic amines) is 1. The van der Waals surface area contributed by atoms with Gasteiger partial charge in [-0.05, 0) is 24.0 Å². The number of carboxylic acids is 1. The van der Waals surface area contributed by atoms with Gasteiger partial charge in [0, 0.05) is 13.1 Å². The lowest BCUT2D eigenvalue weighted by Crippen LogP contribution is -2.36. The molecule has 0 spiro atoms. The summed E-state index contributed by atoms with van der Waals surface area (Å²) in [4.78, 5) is 24.7. The van der Waals surface area contributed by atoms with Crippen LogP contribution in [0.5, 0.6) is 5.75 Å². The molecule has 1 aliphatic carbocycles. The Morgan fingerprint density at radius 3 is 2.33 bits per heavy atom. The fourth-order valence-electron chi connectivity index (χ4n) is 3.15. The van der Waals surface area contributed by atoms with Crippen LogP contribution in [0, 0.1) is 17.8 Å². The summed E-state index contributed by atoms with van der Waals surface area (Å²) in [6, 6.07) is 4.91. The molecule has 1 aromatic carbocycles. The van der Waals surface area contributed by atoms with E-state index < -0.39 is 36.1 Å². The molecule has 0 radical (unpaired) electrons. The number of benzene rings is 1. The Morgan fingerprint density at radius 2 is 1.79 bits per heavy atom. The Bertz CT molecular complexity index is 669. The van der Waals surface area contributed by atoms with E-state index >= 15 is 0 Å². The molecular weight excluding hydrogens is 334 g/mol. The molecule has 1 aliphatic heterocycles. The number of carboxylic acid groups (broad SMARTS) is 1. The quantitative estimate of drug-likeness (QED) is 0.830. The highest BCUT2D eigenvalue weighted by atomic mass is 19.3. The minimum Gasteiger partial charge on any atom is -0.481 e. The van der Waals surface area contributed by atoms with Crippen molar-refractivity contribution in [1.29, 1.82) is 0 Å². The summed E-state index contributed by atoms with van der Waals surface area (Å²) in [7, 11) is 0. The molecule has 0 bridgehead atoms. The Kier molecular flexibility index (Phi) is 3.89. The molecule has 0 aromatic heterocycles. The van der Waals surface area contributed by atoms with Crippen molar-refractivity contribution in [3.63, 3.8) is 0 Å². The summed E-state index contributed by atoms with van der Waals surface area (Å²) < 4.78 is 54.8. The smallest absolute Gasteiger partial charge is 0.461 e. The van der Waals surface area contributed by atoms with Gasteiger partial charge in [0.05, 0.1) is 11.5 Å². The summed E-state index contributed by atoms with van der Waals surface area (Å²) in [6.07, 6.45) is -8.74. The zero-order valence-electron chi connectivity index (χ0n) is 12.2. The van der Waals surface area contributed by atoms with E-state index in [0.717, 1.165) is 6.07 Å². The molecule has 3 atom stereocenters. The summed E-state index contributed by atoms with van der Waals surface area (Å²) in [5, 5.41) is 8.95. The van der Waals surface area contributed by atoms with Gasteiger partial charge in [0.2, 0.25) is 0 Å². The average Bonchev–Trinajstić information content (AvgIpc) is 3.02. The van der Waals surface area contributed by atoms with Gasteiger partial charge in [0.1, 0.15) is 5.75 Å². The van der Waals surface area contributed by atoms with Crippen molar-refractivity contribution in [1.82, 2.24) is 4.90 Å². The maximum absolute atomic E-state index is 13.1. The first-order valence-electron chi connectivity index (χ1n) is 7.18. The summed E-state index contributed by atoms with van der Waals surface area (Å²) in [5.41, 5.74) is -0.258. The molecule has 1 unspecified atom stereocenters. The van der Waals surface area contributed by atoms with Crippen LogP contribution in [0.15, 0.2) is 24.3 Å². The van der Waals surface area contributed by atoms with Gasteiger partial charge in [0.15, 0.2) is 0 Å². The lowest BCUT2D eigenvalue weighted by atomic mass is 10.1. The molecule has 1 heterocycles. The van der Waals surface area contributed by atoms with Gasteiger partial charge < -0.3 is 14.7 Å². The predicted octanol–water partition coefficient (Wildman–Crippen LogP) is 2.33. The number of aliphatic carboxylic acids is 1. The molecule has 1 amide bonds. The van der Waals surface area contributed by atoms with Crippen LogP contribution >= 0.6 is 0 Å². The van der Waals surface area contributed by atoms with E-state index in [1.807, 2.05) is 0 Å². The van der Waals surface area contributed by atoms with E-state index in [2.05, 4.69) is 4.74 Å². The zero-order valence-corrected chi connectivity index (χ0v) is 12.2. The van der Waals surface area contributed by atoms with Crippen molar-refractivity contribution in [2.45, 2.75) is 12.5 Å². The molecule has 2 aliphatic rings. The predicted molar refractivity (Wildman–Crippen MR) is 72.0 cm³/mol. The van der Waals surface area contributed by atoms with Crippen LogP contribution in [0.2, 0.25) is 0 Å². The van der Waals surface area contributed by atoms with Crippen molar-refractivity contribution in [2.75, 3.05) is 13.1 Å². The molecule has 3 rings (SSSR count). The van der Waals surface area contributed by atoms with Gasteiger partial charge in [-0.1, -0.05) is 12.1 Å². The molecular formula is C15H13F4NO4. The van der Waals surface area contributed by atoms with E-state index in [9.17, 15) is 27.2 Å². The van der Waals surface area contributed by atoms with Crippen LogP contribution in [0.4, 0.5) is 17.6 Å². The third-order valence-corrected chi connectivity index (χ3v) is 4.38. The number of fused-ring (bicyclic) bond motifs is 1. The zero-order chi connectivity index (χ0) is 17.6. The lowest BCUT2D eigenvalue weighted by Gasteiger charge is -2.22. The van der Waals surface area contributed by atoms with Crippen LogP contribution in [-0.2, 0) is 4.79 Å². The molecule has 1 aromatic rings. The average molecular weight is 347 g/mol. The standard InChI is InChI=1S/C15H13F4NO4/c16-14(17)15(18,19)24-10-4-2-1-3-7(10)12(21)20-5-8-9(6-20)11(8)13(22)23/h1-4,8-9,11,14H,5-6H2,(H,22,23)/t8-,9+,11?. The first kappa shape index (κ1) is 16.5.